The predicted molar refractivity (Wildman–Crippen MR) is 87.7 cm³/mol. The minimum absolute atomic E-state index is 0.0357. The quantitative estimate of drug-likeness (QED) is 0.847. The van der Waals surface area contributed by atoms with Gasteiger partial charge in [-0.2, -0.15) is 0 Å². The molecule has 126 valence electrons. The number of amides is 1. The van der Waals surface area contributed by atoms with E-state index in [2.05, 4.69) is 0 Å². The Morgan fingerprint density at radius 3 is 2.70 bits per heavy atom. The van der Waals surface area contributed by atoms with Gasteiger partial charge in [-0.25, -0.2) is 4.39 Å². The van der Waals surface area contributed by atoms with Crippen LogP contribution in [0, 0.1) is 11.7 Å². The second-order valence-electron chi connectivity index (χ2n) is 7.14. The van der Waals surface area contributed by atoms with Crippen molar-refractivity contribution in [2.24, 2.45) is 5.92 Å². The highest BCUT2D eigenvalue weighted by Crippen LogP contribution is 2.52. The maximum absolute atomic E-state index is 13.8. The minimum atomic E-state index is -0.180. The molecule has 0 unspecified atom stereocenters. The van der Waals surface area contributed by atoms with E-state index in [-0.39, 0.29) is 29.2 Å². The van der Waals surface area contributed by atoms with Crippen molar-refractivity contribution in [3.63, 3.8) is 0 Å². The Balaban J connectivity index is 1.84. The maximum atomic E-state index is 13.8. The highest BCUT2D eigenvalue weighted by Gasteiger charge is 2.46. The SMILES string of the molecule is CCO[C@H]1CC2(CCN(C(=O)C(C)C)CC2)c2cc(F)ccc21. The van der Waals surface area contributed by atoms with Crippen molar-refractivity contribution in [3.8, 4) is 0 Å². The summed E-state index contributed by atoms with van der Waals surface area (Å²) in [7, 11) is 0. The molecule has 0 radical (unpaired) electrons. The molecular formula is C19H26FNO2. The molecule has 1 heterocycles. The molecule has 0 N–H and O–H groups in total. The number of piperidine rings is 1. The van der Waals surface area contributed by atoms with Crippen LogP contribution in [0.2, 0.25) is 0 Å². The van der Waals surface area contributed by atoms with Crippen LogP contribution >= 0.6 is 0 Å². The minimum Gasteiger partial charge on any atom is -0.374 e. The van der Waals surface area contributed by atoms with Gasteiger partial charge in [-0.15, -0.1) is 0 Å². The fraction of sp³-hybridized carbons (Fsp3) is 0.632. The van der Waals surface area contributed by atoms with Gasteiger partial charge in [0.2, 0.25) is 5.91 Å². The summed E-state index contributed by atoms with van der Waals surface area (Å²) in [6.45, 7) is 8.06. The van der Waals surface area contributed by atoms with Crippen LogP contribution in [0.15, 0.2) is 18.2 Å². The number of likely N-dealkylation sites (tertiary alicyclic amines) is 1. The summed E-state index contributed by atoms with van der Waals surface area (Å²) in [5, 5.41) is 0. The van der Waals surface area contributed by atoms with E-state index >= 15 is 0 Å². The number of halogens is 1. The van der Waals surface area contributed by atoms with E-state index in [0.29, 0.717) is 6.61 Å². The Morgan fingerprint density at radius 1 is 1.39 bits per heavy atom. The molecule has 1 aromatic rings. The molecular weight excluding hydrogens is 293 g/mol. The Bertz CT molecular complexity index is 591. The first kappa shape index (κ1) is 16.4. The van der Waals surface area contributed by atoms with E-state index in [0.717, 1.165) is 43.5 Å². The number of rotatable bonds is 3. The first-order valence-corrected chi connectivity index (χ1v) is 8.67. The summed E-state index contributed by atoms with van der Waals surface area (Å²) < 4.78 is 19.7. The van der Waals surface area contributed by atoms with Gasteiger partial charge >= 0.3 is 0 Å². The predicted octanol–water partition coefficient (Wildman–Crippen LogP) is 3.82. The smallest absolute Gasteiger partial charge is 0.225 e. The molecule has 0 saturated carbocycles. The van der Waals surface area contributed by atoms with Crippen molar-refractivity contribution in [2.45, 2.75) is 51.6 Å². The van der Waals surface area contributed by atoms with Crippen LogP contribution in [0.4, 0.5) is 4.39 Å². The molecule has 0 bridgehead atoms. The first-order valence-electron chi connectivity index (χ1n) is 8.67. The lowest BCUT2D eigenvalue weighted by Gasteiger charge is -2.40. The molecule has 1 aliphatic heterocycles. The van der Waals surface area contributed by atoms with Crippen LogP contribution < -0.4 is 0 Å². The topological polar surface area (TPSA) is 29.5 Å². The standard InChI is InChI=1S/C19H26FNO2/c1-4-23-17-12-19(16-11-14(20)5-6-15(16)17)7-9-21(10-8-19)18(22)13(2)3/h5-6,11,13,17H,4,7-10,12H2,1-3H3/t17-/m0/s1. The van der Waals surface area contributed by atoms with Gasteiger partial charge < -0.3 is 9.64 Å². The van der Waals surface area contributed by atoms with Crippen molar-refractivity contribution in [2.75, 3.05) is 19.7 Å². The summed E-state index contributed by atoms with van der Waals surface area (Å²) in [5.74, 6) is 0.0770. The number of nitrogens with zero attached hydrogens (tertiary/aromatic N) is 1. The molecule has 1 amide bonds. The molecule has 0 aromatic heterocycles. The van der Waals surface area contributed by atoms with Gasteiger partial charge in [0, 0.05) is 31.0 Å². The van der Waals surface area contributed by atoms with Crippen LogP contribution in [-0.4, -0.2) is 30.5 Å². The Morgan fingerprint density at radius 2 is 2.09 bits per heavy atom. The maximum Gasteiger partial charge on any atom is 0.225 e. The number of carbonyl (C=O) groups excluding carboxylic acids is 1. The molecule has 23 heavy (non-hydrogen) atoms. The molecule has 3 nitrogen and oxygen atoms in total. The summed E-state index contributed by atoms with van der Waals surface area (Å²) in [6, 6.07) is 5.10. The average Bonchev–Trinajstić information content (AvgIpc) is 2.81. The highest BCUT2D eigenvalue weighted by molar-refractivity contribution is 5.78. The van der Waals surface area contributed by atoms with Gasteiger partial charge in [-0.1, -0.05) is 19.9 Å². The summed E-state index contributed by atoms with van der Waals surface area (Å²) >= 11 is 0. The summed E-state index contributed by atoms with van der Waals surface area (Å²) in [4.78, 5) is 14.2. The molecule has 1 aliphatic carbocycles. The molecule has 1 saturated heterocycles. The van der Waals surface area contributed by atoms with Gasteiger partial charge in [0.1, 0.15) is 5.82 Å². The molecule has 1 spiro atoms. The van der Waals surface area contributed by atoms with E-state index in [1.54, 1.807) is 6.07 Å². The van der Waals surface area contributed by atoms with Crippen molar-refractivity contribution in [1.82, 2.24) is 4.90 Å². The zero-order chi connectivity index (χ0) is 16.6. The molecule has 1 fully saturated rings. The zero-order valence-electron chi connectivity index (χ0n) is 14.3. The van der Waals surface area contributed by atoms with Gasteiger partial charge in [0.05, 0.1) is 6.10 Å². The number of ether oxygens (including phenoxy) is 1. The zero-order valence-corrected chi connectivity index (χ0v) is 14.3. The van der Waals surface area contributed by atoms with E-state index in [4.69, 9.17) is 4.74 Å². The van der Waals surface area contributed by atoms with Crippen molar-refractivity contribution >= 4 is 5.91 Å². The second kappa shape index (κ2) is 6.23. The van der Waals surface area contributed by atoms with Crippen LogP contribution in [-0.2, 0) is 14.9 Å². The van der Waals surface area contributed by atoms with Crippen LogP contribution in [0.1, 0.15) is 57.3 Å². The number of hydrogen-bond donors (Lipinski definition) is 0. The fourth-order valence-corrected chi connectivity index (χ4v) is 4.19. The monoisotopic (exact) mass is 319 g/mol. The van der Waals surface area contributed by atoms with E-state index < -0.39 is 0 Å². The van der Waals surface area contributed by atoms with E-state index in [9.17, 15) is 9.18 Å². The molecule has 1 aromatic carbocycles. The van der Waals surface area contributed by atoms with E-state index in [1.807, 2.05) is 31.7 Å². The molecule has 3 rings (SSSR count). The lowest BCUT2D eigenvalue weighted by molar-refractivity contribution is -0.136. The van der Waals surface area contributed by atoms with Gasteiger partial charge in [0.25, 0.3) is 0 Å². The third-order valence-electron chi connectivity index (χ3n) is 5.40. The Labute approximate surface area is 137 Å². The summed E-state index contributed by atoms with van der Waals surface area (Å²) in [5.41, 5.74) is 2.20. The normalized spacial score (nSPS) is 22.7. The van der Waals surface area contributed by atoms with Crippen LogP contribution in [0.3, 0.4) is 0 Å². The number of benzene rings is 1. The second-order valence-corrected chi connectivity index (χ2v) is 7.14. The Kier molecular flexibility index (Phi) is 4.45. The fourth-order valence-electron chi connectivity index (χ4n) is 4.19. The lowest BCUT2D eigenvalue weighted by atomic mass is 9.73. The summed E-state index contributed by atoms with van der Waals surface area (Å²) in [6.07, 6.45) is 2.75. The third kappa shape index (κ3) is 2.89. The van der Waals surface area contributed by atoms with Crippen LogP contribution in [0.5, 0.6) is 0 Å². The first-order chi connectivity index (χ1) is 11.0. The van der Waals surface area contributed by atoms with Gasteiger partial charge in [-0.05, 0) is 49.4 Å². The number of hydrogen-bond acceptors (Lipinski definition) is 2. The van der Waals surface area contributed by atoms with Gasteiger partial charge in [0.15, 0.2) is 0 Å². The van der Waals surface area contributed by atoms with Crippen molar-refractivity contribution in [3.05, 3.63) is 35.1 Å². The number of fused-ring (bicyclic) bond motifs is 2. The Hall–Kier alpha value is -1.42. The van der Waals surface area contributed by atoms with Crippen molar-refractivity contribution in [1.29, 1.82) is 0 Å². The lowest BCUT2D eigenvalue weighted by Crippen LogP contribution is -2.45. The molecule has 2 aliphatic rings. The number of carbonyl (C=O) groups is 1. The molecule has 4 heteroatoms. The van der Waals surface area contributed by atoms with Crippen LogP contribution in [0.25, 0.3) is 0 Å². The van der Waals surface area contributed by atoms with E-state index in [1.165, 1.54) is 6.07 Å². The largest absolute Gasteiger partial charge is 0.374 e. The third-order valence-corrected chi connectivity index (χ3v) is 5.40. The average molecular weight is 319 g/mol. The van der Waals surface area contributed by atoms with Crippen molar-refractivity contribution < 1.29 is 13.9 Å². The molecule has 1 atom stereocenters. The van der Waals surface area contributed by atoms with Gasteiger partial charge in [-0.3, -0.25) is 4.79 Å². The highest BCUT2D eigenvalue weighted by atomic mass is 19.1.